The fourth-order valence-corrected chi connectivity index (χ4v) is 2.91. The van der Waals surface area contributed by atoms with Crippen molar-refractivity contribution in [1.29, 1.82) is 0 Å². The molecule has 106 valence electrons. The van der Waals surface area contributed by atoms with Gasteiger partial charge in [0.05, 0.1) is 5.41 Å². The van der Waals surface area contributed by atoms with Crippen LogP contribution in [0.4, 0.5) is 0 Å². The Kier molecular flexibility index (Phi) is 4.71. The second kappa shape index (κ2) is 5.43. The van der Waals surface area contributed by atoms with Gasteiger partial charge in [-0.3, -0.25) is 14.4 Å². The predicted octanol–water partition coefficient (Wildman–Crippen LogP) is 2.94. The van der Waals surface area contributed by atoms with Crippen LogP contribution in [0.5, 0.6) is 0 Å². The van der Waals surface area contributed by atoms with Crippen LogP contribution in [0, 0.1) is 11.3 Å². The van der Waals surface area contributed by atoms with Crippen molar-refractivity contribution in [2.24, 2.45) is 11.3 Å². The van der Waals surface area contributed by atoms with Gasteiger partial charge in [-0.25, -0.2) is 0 Å². The van der Waals surface area contributed by atoms with Crippen molar-refractivity contribution < 1.29 is 19.5 Å². The molecule has 0 aromatic carbocycles. The maximum absolute atomic E-state index is 12.3. The van der Waals surface area contributed by atoms with Gasteiger partial charge >= 0.3 is 5.97 Å². The Morgan fingerprint density at radius 3 is 2.37 bits per heavy atom. The zero-order valence-electron chi connectivity index (χ0n) is 10.4. The van der Waals surface area contributed by atoms with E-state index in [4.69, 9.17) is 39.9 Å². The van der Waals surface area contributed by atoms with E-state index in [0.717, 1.165) is 0 Å². The molecule has 0 radical (unpaired) electrons. The summed E-state index contributed by atoms with van der Waals surface area (Å²) in [7, 11) is 0. The van der Waals surface area contributed by atoms with E-state index in [1.807, 2.05) is 0 Å². The summed E-state index contributed by atoms with van der Waals surface area (Å²) < 4.78 is -1.99. The number of carbonyl (C=O) groups is 3. The highest BCUT2D eigenvalue weighted by Gasteiger charge is 2.58. The molecule has 7 heteroatoms. The standard InChI is InChI=1S/C12H13Cl3O4/c1-6-5-8(16)7(3-4-9(17)18)11(2,10(6)19)12(13,14)15/h5,7H,3-4H2,1-2H3,(H,17,18). The van der Waals surface area contributed by atoms with E-state index in [9.17, 15) is 14.4 Å². The summed E-state index contributed by atoms with van der Waals surface area (Å²) in [5.74, 6) is -2.85. The van der Waals surface area contributed by atoms with E-state index < -0.39 is 26.9 Å². The summed E-state index contributed by atoms with van der Waals surface area (Å²) >= 11 is 17.6. The molecule has 0 heterocycles. The molecule has 1 N–H and O–H groups in total. The molecule has 19 heavy (non-hydrogen) atoms. The zero-order valence-corrected chi connectivity index (χ0v) is 12.6. The molecular formula is C12H13Cl3O4. The first-order valence-electron chi connectivity index (χ1n) is 5.57. The number of allylic oxidation sites excluding steroid dienone is 2. The minimum Gasteiger partial charge on any atom is -0.481 e. The number of carbonyl (C=O) groups excluding carboxylic acids is 2. The van der Waals surface area contributed by atoms with Gasteiger partial charge in [-0.2, -0.15) is 0 Å². The van der Waals surface area contributed by atoms with Crippen molar-refractivity contribution in [3.63, 3.8) is 0 Å². The monoisotopic (exact) mass is 326 g/mol. The molecule has 0 aliphatic heterocycles. The number of halogens is 3. The quantitative estimate of drug-likeness (QED) is 0.809. The maximum Gasteiger partial charge on any atom is 0.303 e. The predicted molar refractivity (Wildman–Crippen MR) is 72.5 cm³/mol. The Hall–Kier alpha value is -0.580. The van der Waals surface area contributed by atoms with Crippen LogP contribution < -0.4 is 0 Å². The summed E-state index contributed by atoms with van der Waals surface area (Å²) in [6.45, 7) is 2.87. The SMILES string of the molecule is CC1=CC(=O)C(CCC(=O)O)C(C)(C(Cl)(Cl)Cl)C1=O. The summed E-state index contributed by atoms with van der Waals surface area (Å²) in [6, 6.07) is 0. The van der Waals surface area contributed by atoms with E-state index >= 15 is 0 Å². The first-order chi connectivity index (χ1) is 8.51. The van der Waals surface area contributed by atoms with Gasteiger partial charge in [0.15, 0.2) is 11.6 Å². The normalized spacial score (nSPS) is 28.3. The Morgan fingerprint density at radius 2 is 1.95 bits per heavy atom. The number of hydrogen-bond acceptors (Lipinski definition) is 3. The Balaban J connectivity index is 3.26. The molecule has 2 unspecified atom stereocenters. The molecule has 0 amide bonds. The second-order valence-corrected chi connectivity index (χ2v) is 7.03. The van der Waals surface area contributed by atoms with E-state index in [1.165, 1.54) is 19.9 Å². The molecule has 0 bridgehead atoms. The molecule has 4 nitrogen and oxygen atoms in total. The minimum atomic E-state index is -1.99. The lowest BCUT2D eigenvalue weighted by Crippen LogP contribution is -2.52. The fourth-order valence-electron chi connectivity index (χ4n) is 2.26. The number of carboxylic acid groups (broad SMARTS) is 1. The number of alkyl halides is 3. The average Bonchev–Trinajstić information content (AvgIpc) is 2.23. The number of aliphatic carboxylic acids is 1. The second-order valence-electron chi connectivity index (χ2n) is 4.74. The van der Waals surface area contributed by atoms with Gasteiger partial charge in [-0.1, -0.05) is 34.8 Å². The van der Waals surface area contributed by atoms with Gasteiger partial charge in [-0.15, -0.1) is 0 Å². The number of hydrogen-bond donors (Lipinski definition) is 1. The van der Waals surface area contributed by atoms with E-state index in [1.54, 1.807) is 0 Å². The van der Waals surface area contributed by atoms with Crippen molar-refractivity contribution in [1.82, 2.24) is 0 Å². The van der Waals surface area contributed by atoms with Crippen molar-refractivity contribution in [2.75, 3.05) is 0 Å². The average molecular weight is 328 g/mol. The highest BCUT2D eigenvalue weighted by molar-refractivity contribution is 6.69. The summed E-state index contributed by atoms with van der Waals surface area (Å²) in [5.41, 5.74) is -1.34. The van der Waals surface area contributed by atoms with Crippen molar-refractivity contribution in [2.45, 2.75) is 30.5 Å². The fraction of sp³-hybridized carbons (Fsp3) is 0.583. The third-order valence-electron chi connectivity index (χ3n) is 3.46. The Bertz CT molecular complexity index is 464. The highest BCUT2D eigenvalue weighted by atomic mass is 35.6. The maximum atomic E-state index is 12.3. The molecule has 0 aromatic heterocycles. The van der Waals surface area contributed by atoms with Crippen LogP contribution >= 0.6 is 34.8 Å². The van der Waals surface area contributed by atoms with Gasteiger partial charge in [0.25, 0.3) is 0 Å². The van der Waals surface area contributed by atoms with Crippen LogP contribution in [0.15, 0.2) is 11.6 Å². The molecule has 1 aliphatic carbocycles. The third-order valence-corrected chi connectivity index (χ3v) is 4.64. The number of carboxylic acids is 1. The van der Waals surface area contributed by atoms with Crippen molar-refractivity contribution in [3.8, 4) is 0 Å². The molecule has 0 fully saturated rings. The largest absolute Gasteiger partial charge is 0.481 e. The summed E-state index contributed by atoms with van der Waals surface area (Å²) in [4.78, 5) is 34.9. The lowest BCUT2D eigenvalue weighted by molar-refractivity contribution is -0.140. The zero-order chi connectivity index (χ0) is 15.0. The Morgan fingerprint density at radius 1 is 1.42 bits per heavy atom. The molecule has 0 aromatic rings. The van der Waals surface area contributed by atoms with Crippen LogP contribution in [0.1, 0.15) is 26.7 Å². The number of ketones is 2. The van der Waals surface area contributed by atoms with Gasteiger partial charge in [0, 0.05) is 12.3 Å². The summed E-state index contributed by atoms with van der Waals surface area (Å²) in [6.07, 6.45) is 0.869. The van der Waals surface area contributed by atoms with Crippen LogP contribution in [-0.2, 0) is 14.4 Å². The van der Waals surface area contributed by atoms with Crippen molar-refractivity contribution >= 4 is 52.3 Å². The molecule has 2 atom stereocenters. The first-order valence-corrected chi connectivity index (χ1v) is 6.70. The molecule has 1 rings (SSSR count). The van der Waals surface area contributed by atoms with Crippen molar-refractivity contribution in [3.05, 3.63) is 11.6 Å². The number of Topliss-reactive ketones (excluding diaryl/α,β-unsaturated/α-hetero) is 1. The first kappa shape index (κ1) is 16.5. The molecule has 1 aliphatic rings. The molecular weight excluding hydrogens is 314 g/mol. The number of rotatable bonds is 3. The Labute approximate surface area is 125 Å². The lowest BCUT2D eigenvalue weighted by Gasteiger charge is -2.42. The lowest BCUT2D eigenvalue weighted by atomic mass is 9.65. The molecule has 0 saturated carbocycles. The van der Waals surface area contributed by atoms with Gasteiger partial charge in [0.1, 0.15) is 0 Å². The van der Waals surface area contributed by atoms with Crippen LogP contribution in [0.3, 0.4) is 0 Å². The minimum absolute atomic E-state index is 0.0475. The summed E-state index contributed by atoms with van der Waals surface area (Å²) in [5, 5.41) is 8.71. The van der Waals surface area contributed by atoms with Gasteiger partial charge in [0.2, 0.25) is 3.79 Å². The van der Waals surface area contributed by atoms with Crippen LogP contribution in [-0.4, -0.2) is 26.4 Å². The van der Waals surface area contributed by atoms with E-state index in [-0.39, 0.29) is 24.2 Å². The van der Waals surface area contributed by atoms with Gasteiger partial charge < -0.3 is 5.11 Å². The highest BCUT2D eigenvalue weighted by Crippen LogP contribution is 2.54. The van der Waals surface area contributed by atoms with Gasteiger partial charge in [-0.05, 0) is 31.9 Å². The van der Waals surface area contributed by atoms with E-state index in [0.29, 0.717) is 0 Å². The van der Waals surface area contributed by atoms with Crippen LogP contribution in [0.25, 0.3) is 0 Å². The van der Waals surface area contributed by atoms with Crippen LogP contribution in [0.2, 0.25) is 0 Å². The smallest absolute Gasteiger partial charge is 0.303 e. The molecule has 0 saturated heterocycles. The topological polar surface area (TPSA) is 71.4 Å². The third kappa shape index (κ3) is 2.96. The van der Waals surface area contributed by atoms with E-state index in [2.05, 4.69) is 0 Å². The molecule has 0 spiro atoms.